The van der Waals surface area contributed by atoms with E-state index >= 15 is 0 Å². The SMILES string of the molecule is CCCc1n[nH]c(=S)n1/N=C/c1ccccn1. The van der Waals surface area contributed by atoms with Gasteiger partial charge in [0.15, 0.2) is 5.82 Å². The van der Waals surface area contributed by atoms with E-state index in [-0.39, 0.29) is 0 Å². The topological polar surface area (TPSA) is 58.9 Å². The number of aromatic amines is 1. The summed E-state index contributed by atoms with van der Waals surface area (Å²) in [7, 11) is 0. The first-order valence-corrected chi connectivity index (χ1v) is 5.83. The van der Waals surface area contributed by atoms with Gasteiger partial charge < -0.3 is 0 Å². The van der Waals surface area contributed by atoms with E-state index in [1.165, 1.54) is 0 Å². The highest BCUT2D eigenvalue weighted by Crippen LogP contribution is 2.01. The van der Waals surface area contributed by atoms with E-state index in [2.05, 4.69) is 27.2 Å². The Bertz CT molecular complexity index is 555. The zero-order chi connectivity index (χ0) is 12.1. The Morgan fingerprint density at radius 2 is 2.41 bits per heavy atom. The van der Waals surface area contributed by atoms with Crippen LogP contribution in [0, 0.1) is 4.77 Å². The third-order valence-corrected chi connectivity index (χ3v) is 2.45. The summed E-state index contributed by atoms with van der Waals surface area (Å²) in [6.07, 6.45) is 5.23. The average Bonchev–Trinajstić information content (AvgIpc) is 2.70. The summed E-state index contributed by atoms with van der Waals surface area (Å²) in [5, 5.41) is 11.2. The Balaban J connectivity index is 2.26. The fourth-order valence-corrected chi connectivity index (χ4v) is 1.60. The Morgan fingerprint density at radius 3 is 3.12 bits per heavy atom. The second kappa shape index (κ2) is 5.49. The lowest BCUT2D eigenvalue weighted by Gasteiger charge is -1.97. The Hall–Kier alpha value is -1.82. The van der Waals surface area contributed by atoms with Crippen LogP contribution < -0.4 is 0 Å². The van der Waals surface area contributed by atoms with Crippen molar-refractivity contribution in [3.05, 3.63) is 40.7 Å². The summed E-state index contributed by atoms with van der Waals surface area (Å²) in [5.41, 5.74) is 0.790. The van der Waals surface area contributed by atoms with Gasteiger partial charge in [-0.25, -0.2) is 0 Å². The van der Waals surface area contributed by atoms with E-state index < -0.39 is 0 Å². The smallest absolute Gasteiger partial charge is 0.216 e. The molecule has 0 saturated carbocycles. The minimum atomic E-state index is 0.501. The molecule has 2 heterocycles. The van der Waals surface area contributed by atoms with Crippen LogP contribution in [-0.4, -0.2) is 26.1 Å². The van der Waals surface area contributed by atoms with Crippen molar-refractivity contribution in [1.29, 1.82) is 0 Å². The van der Waals surface area contributed by atoms with E-state index in [1.807, 2.05) is 18.2 Å². The molecule has 0 saturated heterocycles. The van der Waals surface area contributed by atoms with Crippen LogP contribution in [0.15, 0.2) is 29.5 Å². The summed E-state index contributed by atoms with van der Waals surface area (Å²) < 4.78 is 2.13. The van der Waals surface area contributed by atoms with Gasteiger partial charge in [-0.15, -0.1) is 0 Å². The molecule has 0 spiro atoms. The van der Waals surface area contributed by atoms with Crippen molar-refractivity contribution < 1.29 is 0 Å². The van der Waals surface area contributed by atoms with Crippen LogP contribution >= 0.6 is 12.2 Å². The first-order valence-electron chi connectivity index (χ1n) is 5.43. The predicted octanol–water partition coefficient (Wildman–Crippen LogP) is 2.17. The van der Waals surface area contributed by atoms with Gasteiger partial charge in [-0.2, -0.15) is 14.9 Å². The van der Waals surface area contributed by atoms with Crippen LogP contribution in [0.2, 0.25) is 0 Å². The molecule has 0 aliphatic carbocycles. The van der Waals surface area contributed by atoms with Crippen LogP contribution in [0.1, 0.15) is 24.9 Å². The van der Waals surface area contributed by atoms with Gasteiger partial charge in [-0.3, -0.25) is 10.1 Å². The lowest BCUT2D eigenvalue weighted by molar-refractivity contribution is 0.739. The molecule has 17 heavy (non-hydrogen) atoms. The summed E-state index contributed by atoms with van der Waals surface area (Å²) in [5.74, 6) is 0.838. The molecule has 5 nitrogen and oxygen atoms in total. The fourth-order valence-electron chi connectivity index (χ4n) is 1.40. The highest BCUT2D eigenvalue weighted by molar-refractivity contribution is 7.71. The zero-order valence-electron chi connectivity index (χ0n) is 9.50. The summed E-state index contributed by atoms with van der Waals surface area (Å²) in [6, 6.07) is 5.66. The molecule has 0 aliphatic heterocycles. The molecule has 0 radical (unpaired) electrons. The molecule has 0 bridgehead atoms. The number of pyridine rings is 1. The van der Waals surface area contributed by atoms with Gasteiger partial charge in [0.1, 0.15) is 0 Å². The standard InChI is InChI=1S/C11H13N5S/c1-2-5-10-14-15-11(17)16(10)13-8-9-6-3-4-7-12-9/h3-4,6-8H,2,5H2,1H3,(H,15,17)/b13-8+. The minimum Gasteiger partial charge on any atom is -0.255 e. The third kappa shape index (κ3) is 2.85. The quantitative estimate of drug-likeness (QED) is 0.665. The Morgan fingerprint density at radius 1 is 1.53 bits per heavy atom. The summed E-state index contributed by atoms with van der Waals surface area (Å²) in [6.45, 7) is 2.09. The van der Waals surface area contributed by atoms with E-state index in [4.69, 9.17) is 12.2 Å². The molecule has 2 aromatic heterocycles. The molecular weight excluding hydrogens is 234 g/mol. The molecule has 0 aromatic carbocycles. The van der Waals surface area contributed by atoms with Gasteiger partial charge >= 0.3 is 0 Å². The number of nitrogens with one attached hydrogen (secondary N) is 1. The van der Waals surface area contributed by atoms with Crippen molar-refractivity contribution in [1.82, 2.24) is 19.9 Å². The molecule has 0 fully saturated rings. The third-order valence-electron chi connectivity index (χ3n) is 2.18. The maximum Gasteiger partial charge on any atom is 0.216 e. The molecule has 6 heteroatoms. The number of H-pyrrole nitrogens is 1. The minimum absolute atomic E-state index is 0.501. The molecule has 0 aliphatic rings. The van der Waals surface area contributed by atoms with E-state index in [0.29, 0.717) is 4.77 Å². The van der Waals surface area contributed by atoms with E-state index in [9.17, 15) is 0 Å². The summed E-state index contributed by atoms with van der Waals surface area (Å²) in [4.78, 5) is 4.16. The van der Waals surface area contributed by atoms with Crippen molar-refractivity contribution in [3.8, 4) is 0 Å². The highest BCUT2D eigenvalue weighted by Gasteiger charge is 2.02. The first kappa shape index (κ1) is 11.7. The van der Waals surface area contributed by atoms with Gasteiger partial charge in [0.05, 0.1) is 11.9 Å². The van der Waals surface area contributed by atoms with Gasteiger partial charge in [-0.1, -0.05) is 13.0 Å². The van der Waals surface area contributed by atoms with Crippen molar-refractivity contribution in [2.45, 2.75) is 19.8 Å². The zero-order valence-corrected chi connectivity index (χ0v) is 10.3. The summed E-state index contributed by atoms with van der Waals surface area (Å²) >= 11 is 5.11. The van der Waals surface area contributed by atoms with Crippen LogP contribution in [0.5, 0.6) is 0 Å². The monoisotopic (exact) mass is 247 g/mol. The predicted molar refractivity (Wildman–Crippen MR) is 68.6 cm³/mol. The number of aromatic nitrogens is 4. The second-order valence-electron chi connectivity index (χ2n) is 3.51. The molecule has 0 amide bonds. The highest BCUT2D eigenvalue weighted by atomic mass is 32.1. The lowest BCUT2D eigenvalue weighted by Crippen LogP contribution is -1.99. The molecule has 88 valence electrons. The maximum absolute atomic E-state index is 5.11. The van der Waals surface area contributed by atoms with Gasteiger partial charge in [0.25, 0.3) is 0 Å². The molecule has 0 atom stereocenters. The number of hydrogen-bond acceptors (Lipinski definition) is 4. The number of hydrogen-bond donors (Lipinski definition) is 1. The number of rotatable bonds is 4. The maximum atomic E-state index is 5.11. The van der Waals surface area contributed by atoms with Gasteiger partial charge in [0.2, 0.25) is 4.77 Å². The normalized spacial score (nSPS) is 11.1. The number of aryl methyl sites for hydroxylation is 1. The molecule has 2 rings (SSSR count). The molecule has 2 aromatic rings. The van der Waals surface area contributed by atoms with E-state index in [0.717, 1.165) is 24.4 Å². The van der Waals surface area contributed by atoms with Gasteiger partial charge in [0, 0.05) is 12.6 Å². The first-order chi connectivity index (χ1) is 8.31. The fraction of sp³-hybridized carbons (Fsp3) is 0.273. The van der Waals surface area contributed by atoms with Crippen LogP contribution in [0.4, 0.5) is 0 Å². The molecule has 0 unspecified atom stereocenters. The Labute approximate surface area is 104 Å². The van der Waals surface area contributed by atoms with Crippen LogP contribution in [-0.2, 0) is 6.42 Å². The van der Waals surface area contributed by atoms with Crippen molar-refractivity contribution in [3.63, 3.8) is 0 Å². The van der Waals surface area contributed by atoms with E-state index in [1.54, 1.807) is 17.1 Å². The number of nitrogens with zero attached hydrogens (tertiary/aromatic N) is 4. The van der Waals surface area contributed by atoms with Crippen LogP contribution in [0.3, 0.4) is 0 Å². The molecular formula is C11H13N5S. The lowest BCUT2D eigenvalue weighted by atomic mass is 10.3. The average molecular weight is 247 g/mol. The van der Waals surface area contributed by atoms with Crippen molar-refractivity contribution >= 4 is 18.4 Å². The van der Waals surface area contributed by atoms with Gasteiger partial charge in [-0.05, 0) is 30.8 Å². The second-order valence-corrected chi connectivity index (χ2v) is 3.89. The van der Waals surface area contributed by atoms with Crippen molar-refractivity contribution in [2.75, 3.05) is 0 Å². The van der Waals surface area contributed by atoms with Crippen molar-refractivity contribution in [2.24, 2.45) is 5.10 Å². The molecule has 1 N–H and O–H groups in total. The van der Waals surface area contributed by atoms with Crippen LogP contribution in [0.25, 0.3) is 0 Å². The largest absolute Gasteiger partial charge is 0.255 e. The Kier molecular flexibility index (Phi) is 3.77.